The van der Waals surface area contributed by atoms with Gasteiger partial charge in [0.2, 0.25) is 0 Å². The standard InChI is InChI=1S/C9H21N3.3ClH/c1-3-10-4-5-12-8-6-11(2)7-9-12;;;/h10H,3-9H2,1-2H3;3*1H. The predicted octanol–water partition coefficient (Wildman–Crippen LogP) is 1.11. The molecule has 15 heavy (non-hydrogen) atoms. The van der Waals surface area contributed by atoms with Crippen LogP contribution in [0.4, 0.5) is 0 Å². The van der Waals surface area contributed by atoms with E-state index in [2.05, 4.69) is 29.1 Å². The number of rotatable bonds is 4. The van der Waals surface area contributed by atoms with E-state index in [1.165, 1.54) is 32.7 Å². The highest BCUT2D eigenvalue weighted by Crippen LogP contribution is 1.97. The molecular weight excluding hydrogens is 256 g/mol. The molecule has 1 fully saturated rings. The maximum absolute atomic E-state index is 3.35. The fourth-order valence-corrected chi connectivity index (χ4v) is 1.49. The normalized spacial score (nSPS) is 17.2. The van der Waals surface area contributed by atoms with Crippen molar-refractivity contribution in [3.05, 3.63) is 0 Å². The smallest absolute Gasteiger partial charge is 0.0110 e. The van der Waals surface area contributed by atoms with E-state index in [-0.39, 0.29) is 37.2 Å². The molecule has 1 aliphatic rings. The van der Waals surface area contributed by atoms with Gasteiger partial charge in [0.15, 0.2) is 0 Å². The van der Waals surface area contributed by atoms with E-state index in [9.17, 15) is 0 Å². The van der Waals surface area contributed by atoms with Crippen LogP contribution < -0.4 is 5.32 Å². The van der Waals surface area contributed by atoms with Gasteiger partial charge in [-0.05, 0) is 13.6 Å². The predicted molar refractivity (Wildman–Crippen MR) is 74.2 cm³/mol. The number of nitrogens with zero attached hydrogens (tertiary/aromatic N) is 2. The van der Waals surface area contributed by atoms with Crippen molar-refractivity contribution < 1.29 is 0 Å². The van der Waals surface area contributed by atoms with Crippen LogP contribution in [-0.4, -0.2) is 62.7 Å². The van der Waals surface area contributed by atoms with Crippen molar-refractivity contribution in [2.24, 2.45) is 0 Å². The van der Waals surface area contributed by atoms with Crippen molar-refractivity contribution in [3.8, 4) is 0 Å². The zero-order valence-electron chi connectivity index (χ0n) is 9.57. The van der Waals surface area contributed by atoms with Gasteiger partial charge in [-0.15, -0.1) is 37.2 Å². The van der Waals surface area contributed by atoms with E-state index in [1.54, 1.807) is 0 Å². The third-order valence-corrected chi connectivity index (χ3v) is 2.45. The summed E-state index contributed by atoms with van der Waals surface area (Å²) in [5.74, 6) is 0. The average molecular weight is 281 g/mol. The Kier molecular flexibility index (Phi) is 18.0. The summed E-state index contributed by atoms with van der Waals surface area (Å²) < 4.78 is 0. The zero-order chi connectivity index (χ0) is 8.81. The van der Waals surface area contributed by atoms with Gasteiger partial charge in [0.25, 0.3) is 0 Å². The summed E-state index contributed by atoms with van der Waals surface area (Å²) in [5, 5.41) is 3.35. The summed E-state index contributed by atoms with van der Waals surface area (Å²) in [4.78, 5) is 4.92. The molecule has 3 nitrogen and oxygen atoms in total. The summed E-state index contributed by atoms with van der Waals surface area (Å²) in [6.45, 7) is 10.5. The lowest BCUT2D eigenvalue weighted by Gasteiger charge is -2.32. The molecule has 0 unspecified atom stereocenters. The van der Waals surface area contributed by atoms with Crippen LogP contribution in [0.25, 0.3) is 0 Å². The minimum Gasteiger partial charge on any atom is -0.316 e. The highest BCUT2D eigenvalue weighted by atomic mass is 35.5. The second kappa shape index (κ2) is 12.8. The summed E-state index contributed by atoms with van der Waals surface area (Å²) in [5.41, 5.74) is 0. The number of hydrogen-bond acceptors (Lipinski definition) is 3. The minimum atomic E-state index is 0. The second-order valence-corrected chi connectivity index (χ2v) is 3.50. The van der Waals surface area contributed by atoms with Crippen LogP contribution in [0.5, 0.6) is 0 Å². The molecule has 0 bridgehead atoms. The molecule has 0 aromatic heterocycles. The van der Waals surface area contributed by atoms with Crippen molar-refractivity contribution in [2.75, 3.05) is 52.9 Å². The lowest BCUT2D eigenvalue weighted by atomic mass is 10.3. The van der Waals surface area contributed by atoms with Crippen LogP contribution in [0, 0.1) is 0 Å². The van der Waals surface area contributed by atoms with Gasteiger partial charge in [0, 0.05) is 39.3 Å². The molecule has 0 aliphatic carbocycles. The number of nitrogens with one attached hydrogen (secondary N) is 1. The van der Waals surface area contributed by atoms with Crippen LogP contribution in [0.3, 0.4) is 0 Å². The maximum Gasteiger partial charge on any atom is 0.0110 e. The fraction of sp³-hybridized carbons (Fsp3) is 1.00. The van der Waals surface area contributed by atoms with E-state index in [0.717, 1.165) is 13.1 Å². The van der Waals surface area contributed by atoms with Crippen molar-refractivity contribution in [2.45, 2.75) is 6.92 Å². The number of likely N-dealkylation sites (N-methyl/N-ethyl adjacent to an activating group) is 2. The molecule has 1 saturated heterocycles. The highest BCUT2D eigenvalue weighted by molar-refractivity contribution is 5.86. The summed E-state index contributed by atoms with van der Waals surface area (Å²) in [6.07, 6.45) is 0. The molecule has 0 atom stereocenters. The Morgan fingerprint density at radius 2 is 1.53 bits per heavy atom. The fourth-order valence-electron chi connectivity index (χ4n) is 1.49. The quantitative estimate of drug-likeness (QED) is 0.779. The van der Waals surface area contributed by atoms with Crippen LogP contribution in [0.2, 0.25) is 0 Å². The van der Waals surface area contributed by atoms with E-state index in [1.807, 2.05) is 0 Å². The molecule has 96 valence electrons. The lowest BCUT2D eigenvalue weighted by molar-refractivity contribution is 0.155. The Balaban J connectivity index is -0.000000480. The first-order valence-electron chi connectivity index (χ1n) is 4.94. The third kappa shape index (κ3) is 9.67. The molecule has 6 heteroatoms. The van der Waals surface area contributed by atoms with Gasteiger partial charge in [-0.25, -0.2) is 0 Å². The molecule has 0 aromatic rings. The van der Waals surface area contributed by atoms with E-state index in [0.29, 0.717) is 0 Å². The van der Waals surface area contributed by atoms with Crippen molar-refractivity contribution in [1.82, 2.24) is 15.1 Å². The van der Waals surface area contributed by atoms with Gasteiger partial charge in [0.05, 0.1) is 0 Å². The van der Waals surface area contributed by atoms with Crippen LogP contribution in [-0.2, 0) is 0 Å². The molecule has 1 aliphatic heterocycles. The second-order valence-electron chi connectivity index (χ2n) is 3.50. The maximum atomic E-state index is 3.35. The van der Waals surface area contributed by atoms with Crippen LogP contribution in [0.1, 0.15) is 6.92 Å². The Labute approximate surface area is 112 Å². The van der Waals surface area contributed by atoms with Gasteiger partial charge >= 0.3 is 0 Å². The number of hydrogen-bond donors (Lipinski definition) is 1. The number of piperazine rings is 1. The average Bonchev–Trinajstić information content (AvgIpc) is 2.09. The molecule has 1 N–H and O–H groups in total. The van der Waals surface area contributed by atoms with E-state index < -0.39 is 0 Å². The molecule has 0 saturated carbocycles. The first-order chi connectivity index (χ1) is 5.83. The first-order valence-corrected chi connectivity index (χ1v) is 4.94. The van der Waals surface area contributed by atoms with Gasteiger partial charge in [0.1, 0.15) is 0 Å². The van der Waals surface area contributed by atoms with Crippen molar-refractivity contribution in [3.63, 3.8) is 0 Å². The molecular formula is C9H24Cl3N3. The van der Waals surface area contributed by atoms with Gasteiger partial charge < -0.3 is 10.2 Å². The van der Waals surface area contributed by atoms with Gasteiger partial charge in [-0.3, -0.25) is 4.90 Å². The SMILES string of the molecule is CCNCCN1CCN(C)CC1.Cl.Cl.Cl. The highest BCUT2D eigenvalue weighted by Gasteiger charge is 2.12. The molecule has 1 heterocycles. The Morgan fingerprint density at radius 3 is 2.00 bits per heavy atom. The number of halogens is 3. The Hall–Kier alpha value is 0.750. The van der Waals surface area contributed by atoms with E-state index in [4.69, 9.17) is 0 Å². The van der Waals surface area contributed by atoms with Gasteiger partial charge in [-0.2, -0.15) is 0 Å². The third-order valence-electron chi connectivity index (χ3n) is 2.45. The van der Waals surface area contributed by atoms with Crippen molar-refractivity contribution >= 4 is 37.2 Å². The molecule has 0 spiro atoms. The largest absolute Gasteiger partial charge is 0.316 e. The van der Waals surface area contributed by atoms with Gasteiger partial charge in [-0.1, -0.05) is 6.92 Å². The molecule has 1 rings (SSSR count). The summed E-state index contributed by atoms with van der Waals surface area (Å²) >= 11 is 0. The molecule has 0 aromatic carbocycles. The van der Waals surface area contributed by atoms with Crippen molar-refractivity contribution in [1.29, 1.82) is 0 Å². The minimum absolute atomic E-state index is 0. The van der Waals surface area contributed by atoms with E-state index >= 15 is 0 Å². The Morgan fingerprint density at radius 1 is 1.00 bits per heavy atom. The lowest BCUT2D eigenvalue weighted by Crippen LogP contribution is -2.46. The van der Waals surface area contributed by atoms with Crippen LogP contribution >= 0.6 is 37.2 Å². The first kappa shape index (κ1) is 21.1. The summed E-state index contributed by atoms with van der Waals surface area (Å²) in [7, 11) is 2.20. The molecule has 0 amide bonds. The monoisotopic (exact) mass is 279 g/mol. The summed E-state index contributed by atoms with van der Waals surface area (Å²) in [6, 6.07) is 0. The molecule has 0 radical (unpaired) electrons. The topological polar surface area (TPSA) is 18.5 Å². The Bertz CT molecular complexity index is 119. The zero-order valence-corrected chi connectivity index (χ0v) is 12.0. The van der Waals surface area contributed by atoms with Crippen LogP contribution in [0.15, 0.2) is 0 Å².